The van der Waals surface area contributed by atoms with Crippen LogP contribution in [0.3, 0.4) is 0 Å². The highest BCUT2D eigenvalue weighted by Gasteiger charge is 2.10. The van der Waals surface area contributed by atoms with Crippen molar-refractivity contribution < 1.29 is 0 Å². The van der Waals surface area contributed by atoms with Crippen molar-refractivity contribution in [1.82, 2.24) is 14.5 Å². The van der Waals surface area contributed by atoms with Crippen molar-refractivity contribution in [2.24, 2.45) is 14.1 Å². The fraction of sp³-hybridized carbons (Fsp3) is 0.385. The Kier molecular flexibility index (Phi) is 4.47. The van der Waals surface area contributed by atoms with Crippen LogP contribution in [-0.2, 0) is 20.6 Å². The minimum atomic E-state index is -0.318. The van der Waals surface area contributed by atoms with E-state index < -0.39 is 0 Å². The minimum Gasteiger partial charge on any atom is -0.304 e. The molecule has 2 rings (SSSR count). The van der Waals surface area contributed by atoms with Gasteiger partial charge in [0, 0.05) is 43.3 Å². The predicted molar refractivity (Wildman–Crippen MR) is 81.5 cm³/mol. The third-order valence-electron chi connectivity index (χ3n) is 3.24. The summed E-state index contributed by atoms with van der Waals surface area (Å²) in [6, 6.07) is 5.40. The molecule has 2 aromatic heterocycles. The van der Waals surface area contributed by atoms with Gasteiger partial charge in [-0.1, -0.05) is 11.6 Å². The van der Waals surface area contributed by atoms with Gasteiger partial charge < -0.3 is 5.32 Å². The SMILES string of the molecule is CC(NCc1cc(=O)n(C)c(=O)n1C)c1ccc(Cl)s1. The molecule has 108 valence electrons. The van der Waals surface area contributed by atoms with Crippen LogP contribution in [0.4, 0.5) is 0 Å². The lowest BCUT2D eigenvalue weighted by Crippen LogP contribution is -2.39. The Labute approximate surface area is 125 Å². The Hall–Kier alpha value is -1.37. The first-order valence-corrected chi connectivity index (χ1v) is 7.34. The standard InChI is InChI=1S/C13H16ClN3O2S/c1-8(10-4-5-11(14)20-10)15-7-9-6-12(18)17(3)13(19)16(9)2/h4-6,8,15H,7H2,1-3H3. The summed E-state index contributed by atoms with van der Waals surface area (Å²) in [4.78, 5) is 24.6. The number of hydrogen-bond acceptors (Lipinski definition) is 4. The highest BCUT2D eigenvalue weighted by molar-refractivity contribution is 7.16. The second-order valence-corrected chi connectivity index (χ2v) is 6.37. The molecule has 0 saturated carbocycles. The van der Waals surface area contributed by atoms with Crippen molar-refractivity contribution in [3.8, 4) is 0 Å². The van der Waals surface area contributed by atoms with Crippen LogP contribution >= 0.6 is 22.9 Å². The van der Waals surface area contributed by atoms with Crippen LogP contribution < -0.4 is 16.6 Å². The lowest BCUT2D eigenvalue weighted by atomic mass is 10.2. The lowest BCUT2D eigenvalue weighted by molar-refractivity contribution is 0.545. The molecular weight excluding hydrogens is 298 g/mol. The molecule has 1 unspecified atom stereocenters. The number of rotatable bonds is 4. The van der Waals surface area contributed by atoms with Crippen molar-refractivity contribution in [2.75, 3.05) is 0 Å². The largest absolute Gasteiger partial charge is 0.330 e. The molecule has 7 heteroatoms. The second-order valence-electron chi connectivity index (χ2n) is 4.62. The second kappa shape index (κ2) is 5.95. The predicted octanol–water partition coefficient (Wildman–Crippen LogP) is 1.65. The fourth-order valence-corrected chi connectivity index (χ4v) is 2.95. The third-order valence-corrected chi connectivity index (χ3v) is 4.65. The van der Waals surface area contributed by atoms with E-state index in [9.17, 15) is 9.59 Å². The quantitative estimate of drug-likeness (QED) is 0.934. The zero-order valence-electron chi connectivity index (χ0n) is 11.5. The van der Waals surface area contributed by atoms with Gasteiger partial charge in [0.15, 0.2) is 0 Å². The number of hydrogen-bond donors (Lipinski definition) is 1. The van der Waals surface area contributed by atoms with E-state index in [4.69, 9.17) is 11.6 Å². The summed E-state index contributed by atoms with van der Waals surface area (Å²) in [6.45, 7) is 2.46. The minimum absolute atomic E-state index is 0.103. The molecule has 5 nitrogen and oxygen atoms in total. The van der Waals surface area contributed by atoms with Gasteiger partial charge >= 0.3 is 5.69 Å². The number of nitrogens with one attached hydrogen (secondary N) is 1. The van der Waals surface area contributed by atoms with Crippen molar-refractivity contribution in [2.45, 2.75) is 19.5 Å². The molecule has 20 heavy (non-hydrogen) atoms. The summed E-state index contributed by atoms with van der Waals surface area (Å²) < 4.78 is 3.31. The molecule has 1 atom stereocenters. The molecule has 0 bridgehead atoms. The molecule has 0 aliphatic heterocycles. The monoisotopic (exact) mass is 313 g/mol. The molecule has 0 amide bonds. The fourth-order valence-electron chi connectivity index (χ4n) is 1.87. The summed E-state index contributed by atoms with van der Waals surface area (Å²) in [6.07, 6.45) is 0. The average Bonchev–Trinajstić information content (AvgIpc) is 2.85. The van der Waals surface area contributed by atoms with E-state index in [0.717, 1.165) is 13.8 Å². The zero-order chi connectivity index (χ0) is 14.9. The smallest absolute Gasteiger partial charge is 0.304 e. The lowest BCUT2D eigenvalue weighted by Gasteiger charge is -2.14. The number of thiophene rings is 1. The van der Waals surface area contributed by atoms with Crippen molar-refractivity contribution in [3.63, 3.8) is 0 Å². The van der Waals surface area contributed by atoms with Crippen LogP contribution in [0.25, 0.3) is 0 Å². The molecular formula is C13H16ClN3O2S. The summed E-state index contributed by atoms with van der Waals surface area (Å²) >= 11 is 7.42. The van der Waals surface area contributed by atoms with E-state index in [2.05, 4.69) is 5.32 Å². The van der Waals surface area contributed by atoms with E-state index in [1.165, 1.54) is 29.0 Å². The van der Waals surface area contributed by atoms with Crippen molar-refractivity contribution in [3.05, 3.63) is 53.9 Å². The number of nitrogens with zero attached hydrogens (tertiary/aromatic N) is 2. The van der Waals surface area contributed by atoms with E-state index in [0.29, 0.717) is 12.2 Å². The maximum absolute atomic E-state index is 11.8. The normalized spacial score (nSPS) is 12.6. The van der Waals surface area contributed by atoms with Gasteiger partial charge in [-0.2, -0.15) is 0 Å². The van der Waals surface area contributed by atoms with Gasteiger partial charge in [-0.15, -0.1) is 11.3 Å². The summed E-state index contributed by atoms with van der Waals surface area (Å²) in [7, 11) is 3.13. The summed E-state index contributed by atoms with van der Waals surface area (Å²) in [5.74, 6) is 0. The molecule has 0 spiro atoms. The molecule has 0 radical (unpaired) electrons. The van der Waals surface area contributed by atoms with Gasteiger partial charge in [-0.25, -0.2) is 4.79 Å². The Morgan fingerprint density at radius 3 is 2.60 bits per heavy atom. The van der Waals surface area contributed by atoms with Crippen LogP contribution in [0, 0.1) is 0 Å². The maximum Gasteiger partial charge on any atom is 0.330 e. The first-order valence-electron chi connectivity index (χ1n) is 6.14. The van der Waals surface area contributed by atoms with Gasteiger partial charge in [-0.05, 0) is 19.1 Å². The Morgan fingerprint density at radius 1 is 1.30 bits per heavy atom. The van der Waals surface area contributed by atoms with Gasteiger partial charge in [0.2, 0.25) is 0 Å². The van der Waals surface area contributed by atoms with Gasteiger partial charge in [-0.3, -0.25) is 13.9 Å². The Balaban J connectivity index is 2.16. The molecule has 2 aromatic rings. The van der Waals surface area contributed by atoms with E-state index in [1.807, 2.05) is 19.1 Å². The molecule has 0 aliphatic carbocycles. The first-order chi connectivity index (χ1) is 9.40. The topological polar surface area (TPSA) is 56.0 Å². The molecule has 2 heterocycles. The molecule has 0 fully saturated rings. The highest BCUT2D eigenvalue weighted by Crippen LogP contribution is 2.26. The van der Waals surface area contributed by atoms with E-state index in [1.54, 1.807) is 7.05 Å². The van der Waals surface area contributed by atoms with Crippen LogP contribution in [0.1, 0.15) is 23.5 Å². The van der Waals surface area contributed by atoms with E-state index >= 15 is 0 Å². The number of halogens is 1. The number of aromatic nitrogens is 2. The zero-order valence-corrected chi connectivity index (χ0v) is 13.1. The van der Waals surface area contributed by atoms with Gasteiger partial charge in [0.05, 0.1) is 4.34 Å². The third kappa shape index (κ3) is 3.03. The van der Waals surface area contributed by atoms with Crippen LogP contribution in [-0.4, -0.2) is 9.13 Å². The summed E-state index contributed by atoms with van der Waals surface area (Å²) in [5.41, 5.74) is 0.0467. The Morgan fingerprint density at radius 2 is 2.00 bits per heavy atom. The van der Waals surface area contributed by atoms with Crippen molar-refractivity contribution in [1.29, 1.82) is 0 Å². The molecule has 0 saturated heterocycles. The first kappa shape index (κ1) is 15.0. The molecule has 1 N–H and O–H groups in total. The molecule has 0 aliphatic rings. The highest BCUT2D eigenvalue weighted by atomic mass is 35.5. The Bertz CT molecular complexity index is 732. The van der Waals surface area contributed by atoms with Gasteiger partial charge in [0.1, 0.15) is 0 Å². The van der Waals surface area contributed by atoms with Crippen LogP contribution in [0.2, 0.25) is 4.34 Å². The van der Waals surface area contributed by atoms with Crippen molar-refractivity contribution >= 4 is 22.9 Å². The maximum atomic E-state index is 11.8. The summed E-state index contributed by atoms with van der Waals surface area (Å²) in [5, 5.41) is 3.29. The van der Waals surface area contributed by atoms with E-state index in [-0.39, 0.29) is 17.3 Å². The van der Waals surface area contributed by atoms with Gasteiger partial charge in [0.25, 0.3) is 5.56 Å². The molecule has 0 aromatic carbocycles. The van der Waals surface area contributed by atoms with Crippen LogP contribution in [0.5, 0.6) is 0 Å². The average molecular weight is 314 g/mol. The van der Waals surface area contributed by atoms with Crippen LogP contribution in [0.15, 0.2) is 27.8 Å².